The molecule has 0 bridgehead atoms. The SMILES string of the molecule is Cc1ccc(N)c(N2CC(N)CC2=O)n1. The first-order chi connectivity index (χ1) is 7.08. The maximum absolute atomic E-state index is 11.6. The fraction of sp³-hybridized carbons (Fsp3) is 0.400. The van der Waals surface area contributed by atoms with E-state index < -0.39 is 0 Å². The molecule has 1 amide bonds. The third-order valence-electron chi connectivity index (χ3n) is 2.46. The van der Waals surface area contributed by atoms with Gasteiger partial charge in [-0.25, -0.2) is 4.98 Å². The van der Waals surface area contributed by atoms with Crippen LogP contribution in [0.4, 0.5) is 11.5 Å². The molecule has 1 unspecified atom stereocenters. The second-order valence-corrected chi connectivity index (χ2v) is 3.83. The zero-order valence-electron chi connectivity index (χ0n) is 8.60. The van der Waals surface area contributed by atoms with Gasteiger partial charge in [0.15, 0.2) is 5.82 Å². The van der Waals surface area contributed by atoms with Gasteiger partial charge in [0.2, 0.25) is 5.91 Å². The fourth-order valence-electron chi connectivity index (χ4n) is 1.71. The number of carbonyl (C=O) groups excluding carboxylic acids is 1. The van der Waals surface area contributed by atoms with Gasteiger partial charge in [-0.2, -0.15) is 0 Å². The Labute approximate surface area is 88.1 Å². The van der Waals surface area contributed by atoms with E-state index in [1.807, 2.05) is 13.0 Å². The summed E-state index contributed by atoms with van der Waals surface area (Å²) in [6.45, 7) is 2.36. The summed E-state index contributed by atoms with van der Waals surface area (Å²) in [5.41, 5.74) is 12.8. The first-order valence-corrected chi connectivity index (χ1v) is 4.87. The second-order valence-electron chi connectivity index (χ2n) is 3.83. The monoisotopic (exact) mass is 206 g/mol. The average Bonchev–Trinajstić information content (AvgIpc) is 2.50. The van der Waals surface area contributed by atoms with Gasteiger partial charge in [0.25, 0.3) is 0 Å². The number of carbonyl (C=O) groups is 1. The summed E-state index contributed by atoms with van der Waals surface area (Å²) in [5.74, 6) is 0.528. The van der Waals surface area contributed by atoms with Crippen LogP contribution in [0.25, 0.3) is 0 Å². The van der Waals surface area contributed by atoms with E-state index in [1.165, 1.54) is 0 Å². The number of pyridine rings is 1. The summed E-state index contributed by atoms with van der Waals surface area (Å²) in [7, 11) is 0. The lowest BCUT2D eigenvalue weighted by atomic mass is 10.3. The molecule has 0 saturated carbocycles. The van der Waals surface area contributed by atoms with E-state index in [9.17, 15) is 4.79 Å². The first-order valence-electron chi connectivity index (χ1n) is 4.87. The van der Waals surface area contributed by atoms with Gasteiger partial charge in [-0.05, 0) is 19.1 Å². The van der Waals surface area contributed by atoms with Crippen molar-refractivity contribution in [3.05, 3.63) is 17.8 Å². The van der Waals surface area contributed by atoms with Crippen LogP contribution < -0.4 is 16.4 Å². The minimum Gasteiger partial charge on any atom is -0.396 e. The maximum Gasteiger partial charge on any atom is 0.229 e. The molecule has 0 radical (unpaired) electrons. The summed E-state index contributed by atoms with van der Waals surface area (Å²) in [4.78, 5) is 17.4. The van der Waals surface area contributed by atoms with Gasteiger partial charge in [-0.1, -0.05) is 0 Å². The van der Waals surface area contributed by atoms with Gasteiger partial charge >= 0.3 is 0 Å². The zero-order chi connectivity index (χ0) is 11.0. The molecular weight excluding hydrogens is 192 g/mol. The normalized spacial score (nSPS) is 21.1. The molecule has 1 aliphatic rings. The highest BCUT2D eigenvalue weighted by Gasteiger charge is 2.30. The van der Waals surface area contributed by atoms with Crippen LogP contribution in [0.15, 0.2) is 12.1 Å². The van der Waals surface area contributed by atoms with Gasteiger partial charge in [-0.3, -0.25) is 9.69 Å². The minimum atomic E-state index is -0.112. The lowest BCUT2D eigenvalue weighted by Gasteiger charge is -2.17. The summed E-state index contributed by atoms with van der Waals surface area (Å²) < 4.78 is 0. The third-order valence-corrected chi connectivity index (χ3v) is 2.46. The number of amides is 1. The smallest absolute Gasteiger partial charge is 0.229 e. The lowest BCUT2D eigenvalue weighted by molar-refractivity contribution is -0.117. The standard InChI is InChI=1S/C10H14N4O/c1-6-2-3-8(12)10(13-6)14-5-7(11)4-9(14)15/h2-3,7H,4-5,11-12H2,1H3. The van der Waals surface area contributed by atoms with Gasteiger partial charge in [0, 0.05) is 24.7 Å². The second kappa shape index (κ2) is 3.51. The van der Waals surface area contributed by atoms with E-state index in [0.29, 0.717) is 24.5 Å². The molecule has 15 heavy (non-hydrogen) atoms. The van der Waals surface area contributed by atoms with Crippen LogP contribution in [0, 0.1) is 6.92 Å². The van der Waals surface area contributed by atoms with Crippen LogP contribution in [-0.4, -0.2) is 23.5 Å². The van der Waals surface area contributed by atoms with Crippen LogP contribution in [-0.2, 0) is 4.79 Å². The van der Waals surface area contributed by atoms with Crippen molar-refractivity contribution in [2.75, 3.05) is 17.2 Å². The Balaban J connectivity index is 2.37. The van der Waals surface area contributed by atoms with Crippen molar-refractivity contribution in [1.29, 1.82) is 0 Å². The van der Waals surface area contributed by atoms with Crippen LogP contribution in [0.1, 0.15) is 12.1 Å². The lowest BCUT2D eigenvalue weighted by Crippen LogP contribution is -2.29. The van der Waals surface area contributed by atoms with Crippen LogP contribution >= 0.6 is 0 Å². The van der Waals surface area contributed by atoms with Crippen molar-refractivity contribution >= 4 is 17.4 Å². The molecule has 1 atom stereocenters. The highest BCUT2D eigenvalue weighted by atomic mass is 16.2. The Bertz CT molecular complexity index is 404. The number of nitrogens with zero attached hydrogens (tertiary/aromatic N) is 2. The third kappa shape index (κ3) is 1.78. The number of hydrogen-bond donors (Lipinski definition) is 2. The molecule has 4 N–H and O–H groups in total. The van der Waals surface area contributed by atoms with Crippen LogP contribution in [0.5, 0.6) is 0 Å². The van der Waals surface area contributed by atoms with E-state index in [0.717, 1.165) is 5.69 Å². The molecule has 1 aliphatic heterocycles. The molecule has 1 aromatic rings. The zero-order valence-corrected chi connectivity index (χ0v) is 8.60. The Hall–Kier alpha value is -1.62. The van der Waals surface area contributed by atoms with Gasteiger partial charge in [-0.15, -0.1) is 0 Å². The highest BCUT2D eigenvalue weighted by molar-refractivity contribution is 5.97. The maximum atomic E-state index is 11.6. The number of nitrogens with two attached hydrogens (primary N) is 2. The molecule has 1 fully saturated rings. The van der Waals surface area contributed by atoms with Crippen molar-refractivity contribution in [3.63, 3.8) is 0 Å². The Morgan fingerprint density at radius 1 is 1.53 bits per heavy atom. The number of anilines is 2. The van der Waals surface area contributed by atoms with Crippen molar-refractivity contribution in [2.24, 2.45) is 5.73 Å². The molecule has 80 valence electrons. The van der Waals surface area contributed by atoms with Crippen molar-refractivity contribution in [1.82, 2.24) is 4.98 Å². The Morgan fingerprint density at radius 3 is 2.87 bits per heavy atom. The average molecular weight is 206 g/mol. The van der Waals surface area contributed by atoms with Crippen LogP contribution in [0.3, 0.4) is 0 Å². The first kappa shape index (κ1) is 9.92. The number of hydrogen-bond acceptors (Lipinski definition) is 4. The van der Waals surface area contributed by atoms with Crippen LogP contribution in [0.2, 0.25) is 0 Å². The van der Waals surface area contributed by atoms with Gasteiger partial charge in [0.05, 0.1) is 5.69 Å². The molecular formula is C10H14N4O. The summed E-state index contributed by atoms with van der Waals surface area (Å²) in [6, 6.07) is 3.47. The van der Waals surface area contributed by atoms with E-state index in [4.69, 9.17) is 11.5 Å². The number of rotatable bonds is 1. The predicted molar refractivity (Wildman–Crippen MR) is 58.3 cm³/mol. The molecule has 0 aliphatic carbocycles. The molecule has 2 rings (SSSR count). The number of aryl methyl sites for hydroxylation is 1. The van der Waals surface area contributed by atoms with Crippen molar-refractivity contribution in [2.45, 2.75) is 19.4 Å². The summed E-state index contributed by atoms with van der Waals surface area (Å²) in [6.07, 6.45) is 0.370. The molecule has 2 heterocycles. The van der Waals surface area contributed by atoms with Crippen molar-refractivity contribution < 1.29 is 4.79 Å². The van der Waals surface area contributed by atoms with Gasteiger partial charge < -0.3 is 11.5 Å². The largest absolute Gasteiger partial charge is 0.396 e. The topological polar surface area (TPSA) is 85.2 Å². The molecule has 5 nitrogen and oxygen atoms in total. The van der Waals surface area contributed by atoms with E-state index in [-0.39, 0.29) is 11.9 Å². The molecule has 0 spiro atoms. The van der Waals surface area contributed by atoms with E-state index >= 15 is 0 Å². The highest BCUT2D eigenvalue weighted by Crippen LogP contribution is 2.24. The Kier molecular flexibility index (Phi) is 2.32. The molecule has 1 aromatic heterocycles. The summed E-state index contributed by atoms with van der Waals surface area (Å²) in [5, 5.41) is 0. The molecule has 0 aromatic carbocycles. The number of nitrogen functional groups attached to an aromatic ring is 1. The summed E-state index contributed by atoms with van der Waals surface area (Å²) >= 11 is 0. The minimum absolute atomic E-state index is 0.00713. The quantitative estimate of drug-likeness (QED) is 0.679. The Morgan fingerprint density at radius 2 is 2.27 bits per heavy atom. The van der Waals surface area contributed by atoms with E-state index in [2.05, 4.69) is 4.98 Å². The molecule has 5 heteroatoms. The van der Waals surface area contributed by atoms with Crippen molar-refractivity contribution in [3.8, 4) is 0 Å². The number of aromatic nitrogens is 1. The van der Waals surface area contributed by atoms with E-state index in [1.54, 1.807) is 11.0 Å². The predicted octanol–water partition coefficient (Wildman–Crippen LogP) is 0.0362. The molecule has 1 saturated heterocycles. The van der Waals surface area contributed by atoms with Gasteiger partial charge in [0.1, 0.15) is 0 Å². The fourth-order valence-corrected chi connectivity index (χ4v) is 1.71.